The lowest BCUT2D eigenvalue weighted by Gasteiger charge is -2.11. The van der Waals surface area contributed by atoms with Crippen molar-refractivity contribution in [2.24, 2.45) is 4.99 Å². The Morgan fingerprint density at radius 2 is 1.86 bits per heavy atom. The minimum atomic E-state index is 0.604. The Kier molecular flexibility index (Phi) is 6.30. The smallest absolute Gasteiger partial charge is 0.0910 e. The molecule has 2 rings (SSSR count). The van der Waals surface area contributed by atoms with E-state index in [1.54, 1.807) is 6.34 Å². The molecule has 2 nitrogen and oxygen atoms in total. The van der Waals surface area contributed by atoms with Crippen LogP contribution in [0.3, 0.4) is 0 Å². The minimum Gasteiger partial charge on any atom is -0.366 e. The Morgan fingerprint density at radius 1 is 1.14 bits per heavy atom. The topological polar surface area (TPSA) is 15.6 Å². The molecule has 22 heavy (non-hydrogen) atoms. The summed E-state index contributed by atoms with van der Waals surface area (Å²) in [5.41, 5.74) is 2.84. The lowest BCUT2D eigenvalue weighted by molar-refractivity contribution is 0.552. The Labute approximate surface area is 149 Å². The van der Waals surface area contributed by atoms with E-state index in [2.05, 4.69) is 33.9 Å². The third-order valence-corrected chi connectivity index (χ3v) is 4.78. The molecule has 0 unspecified atom stereocenters. The van der Waals surface area contributed by atoms with E-state index >= 15 is 0 Å². The van der Waals surface area contributed by atoms with Crippen LogP contribution in [0, 0.1) is 0 Å². The predicted molar refractivity (Wildman–Crippen MR) is 99.9 cm³/mol. The molecule has 0 N–H and O–H groups in total. The van der Waals surface area contributed by atoms with Crippen molar-refractivity contribution in [1.82, 2.24) is 4.90 Å². The molecule has 0 aliphatic rings. The molecule has 2 aromatic carbocycles. The molecular formula is C17H17BrCl2N2. The number of aliphatic imine (C=N–C) groups is 1. The van der Waals surface area contributed by atoms with Gasteiger partial charge >= 0.3 is 0 Å². The average Bonchev–Trinajstić information content (AvgIpc) is 2.51. The predicted octanol–water partition coefficient (Wildman–Crippen LogP) is 5.96. The molecule has 0 aliphatic heterocycles. The maximum Gasteiger partial charge on any atom is 0.0910 e. The summed E-state index contributed by atoms with van der Waals surface area (Å²) in [5.74, 6) is 0. The summed E-state index contributed by atoms with van der Waals surface area (Å²) in [7, 11) is 1.96. The molecule has 0 atom stereocenters. The van der Waals surface area contributed by atoms with E-state index in [-0.39, 0.29) is 0 Å². The van der Waals surface area contributed by atoms with Crippen LogP contribution in [-0.4, -0.2) is 24.8 Å². The maximum atomic E-state index is 6.39. The second-order valence-corrected chi connectivity index (χ2v) is 6.65. The minimum absolute atomic E-state index is 0.604. The molecule has 0 aromatic heterocycles. The van der Waals surface area contributed by atoms with E-state index in [0.29, 0.717) is 15.7 Å². The van der Waals surface area contributed by atoms with Gasteiger partial charge in [-0.25, -0.2) is 4.99 Å². The van der Waals surface area contributed by atoms with Crippen LogP contribution >= 0.6 is 39.1 Å². The summed E-state index contributed by atoms with van der Waals surface area (Å²) in [5, 5.41) is 1.28. The van der Waals surface area contributed by atoms with Crippen molar-refractivity contribution in [1.29, 1.82) is 0 Å². The monoisotopic (exact) mass is 398 g/mol. The van der Waals surface area contributed by atoms with Gasteiger partial charge in [0.2, 0.25) is 0 Å². The standard InChI is InChI=1S/C17H17BrCl2N2/c1-3-22(2)11-21-17-10-15(19)13(9-16(17)20)8-12-6-4-5-7-14(12)18/h4-7,9-11H,3,8H2,1-2H3/b21-11-. The second-order valence-electron chi connectivity index (χ2n) is 4.98. The van der Waals surface area contributed by atoms with Crippen LogP contribution in [0.25, 0.3) is 0 Å². The first kappa shape index (κ1) is 17.3. The number of halogens is 3. The summed E-state index contributed by atoms with van der Waals surface area (Å²) in [6.45, 7) is 2.94. The molecule has 2 aromatic rings. The van der Waals surface area contributed by atoms with Gasteiger partial charge in [0.1, 0.15) is 0 Å². The fourth-order valence-electron chi connectivity index (χ4n) is 1.90. The van der Waals surface area contributed by atoms with E-state index < -0.39 is 0 Å². The Morgan fingerprint density at radius 3 is 2.55 bits per heavy atom. The third kappa shape index (κ3) is 4.48. The summed E-state index contributed by atoms with van der Waals surface area (Å²) in [6.07, 6.45) is 2.48. The molecule has 0 amide bonds. The van der Waals surface area contributed by atoms with Crippen molar-refractivity contribution < 1.29 is 0 Å². The number of nitrogens with zero attached hydrogens (tertiary/aromatic N) is 2. The van der Waals surface area contributed by atoms with Gasteiger partial charge < -0.3 is 4.90 Å². The first-order valence-corrected chi connectivity index (χ1v) is 8.52. The van der Waals surface area contributed by atoms with Crippen LogP contribution in [0.5, 0.6) is 0 Å². The molecule has 5 heteroatoms. The van der Waals surface area contributed by atoms with E-state index in [0.717, 1.165) is 23.0 Å². The van der Waals surface area contributed by atoms with E-state index in [1.165, 1.54) is 5.56 Å². The Balaban J connectivity index is 2.27. The third-order valence-electron chi connectivity index (χ3n) is 3.35. The summed E-state index contributed by atoms with van der Waals surface area (Å²) >= 11 is 16.3. The van der Waals surface area contributed by atoms with Gasteiger partial charge in [-0.1, -0.05) is 57.3 Å². The van der Waals surface area contributed by atoms with Crippen LogP contribution in [-0.2, 0) is 6.42 Å². The van der Waals surface area contributed by atoms with Gasteiger partial charge in [-0.2, -0.15) is 0 Å². The molecular weight excluding hydrogens is 383 g/mol. The summed E-state index contributed by atoms with van der Waals surface area (Å²) in [6, 6.07) is 11.8. The molecule has 116 valence electrons. The molecule has 0 bridgehead atoms. The lowest BCUT2D eigenvalue weighted by atomic mass is 10.0. The summed E-state index contributed by atoms with van der Waals surface area (Å²) in [4.78, 5) is 6.35. The van der Waals surface area contributed by atoms with Crippen molar-refractivity contribution in [2.75, 3.05) is 13.6 Å². The van der Waals surface area contributed by atoms with Gasteiger partial charge in [0.25, 0.3) is 0 Å². The molecule has 0 saturated heterocycles. The largest absolute Gasteiger partial charge is 0.366 e. The van der Waals surface area contributed by atoms with Crippen molar-refractivity contribution in [3.05, 3.63) is 62.0 Å². The number of rotatable bonds is 5. The molecule has 0 fully saturated rings. The quantitative estimate of drug-likeness (QED) is 0.447. The highest BCUT2D eigenvalue weighted by molar-refractivity contribution is 9.10. The highest BCUT2D eigenvalue weighted by Crippen LogP contribution is 2.33. The zero-order chi connectivity index (χ0) is 16.1. The highest BCUT2D eigenvalue weighted by Gasteiger charge is 2.09. The van der Waals surface area contributed by atoms with Crippen LogP contribution in [0.2, 0.25) is 10.0 Å². The van der Waals surface area contributed by atoms with Gasteiger partial charge in [0.15, 0.2) is 0 Å². The van der Waals surface area contributed by atoms with Gasteiger partial charge in [-0.15, -0.1) is 0 Å². The zero-order valence-corrected chi connectivity index (χ0v) is 15.6. The lowest BCUT2D eigenvalue weighted by Crippen LogP contribution is -2.14. The zero-order valence-electron chi connectivity index (χ0n) is 12.5. The van der Waals surface area contributed by atoms with Crippen molar-refractivity contribution in [3.8, 4) is 0 Å². The van der Waals surface area contributed by atoms with Crippen molar-refractivity contribution in [3.63, 3.8) is 0 Å². The number of hydrogen-bond donors (Lipinski definition) is 0. The van der Waals surface area contributed by atoms with Crippen LogP contribution in [0.1, 0.15) is 18.1 Å². The van der Waals surface area contributed by atoms with E-state index in [9.17, 15) is 0 Å². The Bertz CT molecular complexity index is 686. The molecule has 0 heterocycles. The Hall–Kier alpha value is -1.03. The van der Waals surface area contributed by atoms with Gasteiger partial charge in [0, 0.05) is 29.5 Å². The van der Waals surface area contributed by atoms with E-state index in [1.807, 2.05) is 42.3 Å². The van der Waals surface area contributed by atoms with Crippen LogP contribution < -0.4 is 0 Å². The molecule has 0 saturated carbocycles. The highest BCUT2D eigenvalue weighted by atomic mass is 79.9. The van der Waals surface area contributed by atoms with Crippen molar-refractivity contribution >= 4 is 51.2 Å². The van der Waals surface area contributed by atoms with E-state index in [4.69, 9.17) is 23.2 Å². The molecule has 0 radical (unpaired) electrons. The fourth-order valence-corrected chi connectivity index (χ4v) is 2.79. The molecule has 0 aliphatic carbocycles. The first-order chi connectivity index (χ1) is 10.5. The fraction of sp³-hybridized carbons (Fsp3) is 0.235. The molecule has 0 spiro atoms. The van der Waals surface area contributed by atoms with Crippen LogP contribution in [0.15, 0.2) is 45.9 Å². The number of hydrogen-bond acceptors (Lipinski definition) is 1. The van der Waals surface area contributed by atoms with Gasteiger partial charge in [0.05, 0.1) is 17.0 Å². The number of benzene rings is 2. The first-order valence-electron chi connectivity index (χ1n) is 6.97. The normalized spacial score (nSPS) is 11.1. The van der Waals surface area contributed by atoms with Gasteiger partial charge in [-0.05, 0) is 36.2 Å². The van der Waals surface area contributed by atoms with Gasteiger partial charge in [-0.3, -0.25) is 0 Å². The SMILES string of the molecule is CCN(C)/C=N\c1cc(Cl)c(Cc2ccccc2Br)cc1Cl. The average molecular weight is 400 g/mol. The summed E-state index contributed by atoms with van der Waals surface area (Å²) < 4.78 is 1.06. The second kappa shape index (κ2) is 8.00. The van der Waals surface area contributed by atoms with Crippen molar-refractivity contribution in [2.45, 2.75) is 13.3 Å². The van der Waals surface area contributed by atoms with Crippen LogP contribution in [0.4, 0.5) is 5.69 Å². The maximum absolute atomic E-state index is 6.39.